The molecule has 2 amide bonds. The maximum Gasteiger partial charge on any atom is 0.239 e. The molecule has 0 spiro atoms. The van der Waals surface area contributed by atoms with Crippen LogP contribution in [-0.2, 0) is 9.59 Å². The van der Waals surface area contributed by atoms with Gasteiger partial charge in [0.05, 0.1) is 13.2 Å². The van der Waals surface area contributed by atoms with Gasteiger partial charge in [0.25, 0.3) is 0 Å². The van der Waals surface area contributed by atoms with Gasteiger partial charge >= 0.3 is 0 Å². The van der Waals surface area contributed by atoms with Gasteiger partial charge in [-0.25, -0.2) is 0 Å². The molecule has 0 rings (SSSR count). The number of amides is 2. The standard InChI is InChI=1S/C12H24N2O3/c1-10(2)5-3-4-7-13-12(17)9-14-11(16)6-8-15/h10,15H,3-9H2,1-2H3,(H,13,17)(H,14,16). The lowest BCUT2D eigenvalue weighted by Gasteiger charge is -2.07. The molecule has 17 heavy (non-hydrogen) atoms. The topological polar surface area (TPSA) is 78.4 Å². The molecule has 0 saturated heterocycles. The quantitative estimate of drug-likeness (QED) is 0.515. The molecule has 5 heteroatoms. The van der Waals surface area contributed by atoms with Gasteiger partial charge in [-0.1, -0.05) is 26.7 Å². The Labute approximate surface area is 103 Å². The van der Waals surface area contributed by atoms with Crippen molar-refractivity contribution in [3.05, 3.63) is 0 Å². The number of carbonyl (C=O) groups is 2. The lowest BCUT2D eigenvalue weighted by molar-refractivity contribution is -0.126. The molecule has 0 aliphatic heterocycles. The van der Waals surface area contributed by atoms with E-state index >= 15 is 0 Å². The average Bonchev–Trinajstić information content (AvgIpc) is 2.26. The van der Waals surface area contributed by atoms with Gasteiger partial charge in [-0.3, -0.25) is 9.59 Å². The highest BCUT2D eigenvalue weighted by atomic mass is 16.3. The summed E-state index contributed by atoms with van der Waals surface area (Å²) in [6.45, 7) is 4.80. The van der Waals surface area contributed by atoms with E-state index in [1.165, 1.54) is 6.42 Å². The zero-order valence-corrected chi connectivity index (χ0v) is 10.8. The highest BCUT2D eigenvalue weighted by Crippen LogP contribution is 2.04. The smallest absolute Gasteiger partial charge is 0.239 e. The van der Waals surface area contributed by atoms with Gasteiger partial charge in [-0.05, 0) is 12.3 Å². The maximum atomic E-state index is 11.3. The molecule has 0 aromatic rings. The van der Waals surface area contributed by atoms with E-state index in [0.29, 0.717) is 12.5 Å². The Morgan fingerprint density at radius 2 is 1.82 bits per heavy atom. The molecule has 0 unspecified atom stereocenters. The molecule has 0 aliphatic rings. The molecule has 0 aromatic heterocycles. The minimum atomic E-state index is -0.303. The molecule has 0 fully saturated rings. The Morgan fingerprint density at radius 3 is 2.41 bits per heavy atom. The summed E-state index contributed by atoms with van der Waals surface area (Å²) in [6.07, 6.45) is 3.29. The molecular formula is C12H24N2O3. The molecule has 0 atom stereocenters. The SMILES string of the molecule is CC(C)CCCCNC(=O)CNC(=O)CCO. The Kier molecular flexibility index (Phi) is 9.43. The number of carbonyl (C=O) groups excluding carboxylic acids is 2. The van der Waals surface area contributed by atoms with Gasteiger partial charge in [0.15, 0.2) is 0 Å². The van der Waals surface area contributed by atoms with Crippen LogP contribution < -0.4 is 10.6 Å². The first-order valence-corrected chi connectivity index (χ1v) is 6.20. The Hall–Kier alpha value is -1.10. The van der Waals surface area contributed by atoms with Crippen LogP contribution >= 0.6 is 0 Å². The molecule has 0 bridgehead atoms. The second-order valence-electron chi connectivity index (χ2n) is 4.49. The molecule has 0 saturated carbocycles. The van der Waals surface area contributed by atoms with E-state index in [9.17, 15) is 9.59 Å². The van der Waals surface area contributed by atoms with Gasteiger partial charge < -0.3 is 15.7 Å². The number of hydrogen-bond acceptors (Lipinski definition) is 3. The highest BCUT2D eigenvalue weighted by molar-refractivity contribution is 5.84. The van der Waals surface area contributed by atoms with E-state index in [2.05, 4.69) is 24.5 Å². The fourth-order valence-electron chi connectivity index (χ4n) is 1.34. The van der Waals surface area contributed by atoms with Gasteiger partial charge in [0, 0.05) is 13.0 Å². The number of hydrogen-bond donors (Lipinski definition) is 3. The van der Waals surface area contributed by atoms with Gasteiger partial charge in [0.1, 0.15) is 0 Å². The van der Waals surface area contributed by atoms with E-state index < -0.39 is 0 Å². The van der Waals surface area contributed by atoms with E-state index in [1.807, 2.05) is 0 Å². The first kappa shape index (κ1) is 15.9. The Morgan fingerprint density at radius 1 is 1.12 bits per heavy atom. The molecule has 3 N–H and O–H groups in total. The van der Waals surface area contributed by atoms with Crippen molar-refractivity contribution < 1.29 is 14.7 Å². The minimum Gasteiger partial charge on any atom is -0.396 e. The van der Waals surface area contributed by atoms with E-state index in [1.54, 1.807) is 0 Å². The summed E-state index contributed by atoms with van der Waals surface area (Å²) in [6, 6.07) is 0. The number of aliphatic hydroxyl groups excluding tert-OH is 1. The Balaban J connectivity index is 3.38. The number of aliphatic hydroxyl groups is 1. The largest absolute Gasteiger partial charge is 0.396 e. The Bertz CT molecular complexity index is 230. The fraction of sp³-hybridized carbons (Fsp3) is 0.833. The number of unbranched alkanes of at least 4 members (excludes halogenated alkanes) is 1. The molecule has 0 radical (unpaired) electrons. The van der Waals surface area contributed by atoms with E-state index in [4.69, 9.17) is 5.11 Å². The molecule has 0 heterocycles. The summed E-state index contributed by atoms with van der Waals surface area (Å²) in [7, 11) is 0. The van der Waals surface area contributed by atoms with Crippen molar-refractivity contribution in [1.29, 1.82) is 0 Å². The summed E-state index contributed by atoms with van der Waals surface area (Å²) in [5.74, 6) is 0.215. The van der Waals surface area contributed by atoms with E-state index in [-0.39, 0.29) is 31.4 Å². The predicted molar refractivity (Wildman–Crippen MR) is 66.4 cm³/mol. The highest BCUT2D eigenvalue weighted by Gasteiger charge is 2.04. The second kappa shape index (κ2) is 10.1. The predicted octanol–water partition coefficient (Wildman–Crippen LogP) is 0.428. The van der Waals surface area contributed by atoms with Crippen LogP contribution in [0.1, 0.15) is 39.5 Å². The van der Waals surface area contributed by atoms with Crippen LogP contribution in [0.4, 0.5) is 0 Å². The van der Waals surface area contributed by atoms with Gasteiger partial charge in [-0.2, -0.15) is 0 Å². The molecular weight excluding hydrogens is 220 g/mol. The van der Waals surface area contributed by atoms with Crippen LogP contribution in [0.2, 0.25) is 0 Å². The summed E-state index contributed by atoms with van der Waals surface area (Å²) in [5, 5.41) is 13.7. The van der Waals surface area contributed by atoms with Crippen LogP contribution in [0.25, 0.3) is 0 Å². The van der Waals surface area contributed by atoms with Crippen molar-refractivity contribution in [2.75, 3.05) is 19.7 Å². The zero-order valence-electron chi connectivity index (χ0n) is 10.8. The maximum absolute atomic E-state index is 11.3. The summed E-state index contributed by atoms with van der Waals surface area (Å²) in [4.78, 5) is 22.2. The normalized spacial score (nSPS) is 10.4. The first-order chi connectivity index (χ1) is 8.06. The summed E-state index contributed by atoms with van der Waals surface area (Å²) < 4.78 is 0. The number of nitrogens with one attached hydrogen (secondary N) is 2. The van der Waals surface area contributed by atoms with Gasteiger partial charge in [0.2, 0.25) is 11.8 Å². The third-order valence-corrected chi connectivity index (χ3v) is 2.32. The van der Waals surface area contributed by atoms with Crippen LogP contribution in [0.5, 0.6) is 0 Å². The third kappa shape index (κ3) is 11.2. The van der Waals surface area contributed by atoms with Crippen LogP contribution in [-0.4, -0.2) is 36.6 Å². The van der Waals surface area contributed by atoms with Crippen LogP contribution in [0.3, 0.4) is 0 Å². The second-order valence-corrected chi connectivity index (χ2v) is 4.49. The summed E-state index contributed by atoms with van der Waals surface area (Å²) in [5.41, 5.74) is 0. The van der Waals surface area contributed by atoms with Crippen molar-refractivity contribution in [2.45, 2.75) is 39.5 Å². The monoisotopic (exact) mass is 244 g/mol. The van der Waals surface area contributed by atoms with Crippen molar-refractivity contribution in [3.63, 3.8) is 0 Å². The van der Waals surface area contributed by atoms with Crippen LogP contribution in [0, 0.1) is 5.92 Å². The minimum absolute atomic E-state index is 0.0109. The molecule has 0 aromatic carbocycles. The van der Waals surface area contributed by atoms with Crippen molar-refractivity contribution in [3.8, 4) is 0 Å². The molecule has 0 aliphatic carbocycles. The molecule has 5 nitrogen and oxygen atoms in total. The van der Waals surface area contributed by atoms with Crippen molar-refractivity contribution in [2.24, 2.45) is 5.92 Å². The molecule has 100 valence electrons. The van der Waals surface area contributed by atoms with Gasteiger partial charge in [-0.15, -0.1) is 0 Å². The van der Waals surface area contributed by atoms with E-state index in [0.717, 1.165) is 12.8 Å². The van der Waals surface area contributed by atoms with Crippen molar-refractivity contribution >= 4 is 11.8 Å². The summed E-state index contributed by atoms with van der Waals surface area (Å²) >= 11 is 0. The van der Waals surface area contributed by atoms with Crippen LogP contribution in [0.15, 0.2) is 0 Å². The average molecular weight is 244 g/mol. The fourth-order valence-corrected chi connectivity index (χ4v) is 1.34. The first-order valence-electron chi connectivity index (χ1n) is 6.20. The van der Waals surface area contributed by atoms with Crippen molar-refractivity contribution in [1.82, 2.24) is 10.6 Å². The zero-order chi connectivity index (χ0) is 13.1. The number of rotatable bonds is 9. The lowest BCUT2D eigenvalue weighted by Crippen LogP contribution is -2.37. The lowest BCUT2D eigenvalue weighted by atomic mass is 10.1. The third-order valence-electron chi connectivity index (χ3n) is 2.32.